The van der Waals surface area contributed by atoms with Gasteiger partial charge in [0.05, 0.1) is 11.6 Å². The number of hydrogen-bond donors (Lipinski definition) is 0. The summed E-state index contributed by atoms with van der Waals surface area (Å²) in [5.74, 6) is 1.15. The number of anilines is 3. The number of nitrogens with zero attached hydrogens (tertiary/aromatic N) is 4. The van der Waals surface area contributed by atoms with E-state index in [1.165, 1.54) is 5.39 Å². The number of rotatable bonds is 6. The van der Waals surface area contributed by atoms with E-state index in [1.54, 1.807) is 0 Å². The molecule has 248 valence electrons. The van der Waals surface area contributed by atoms with Crippen LogP contribution in [-0.4, -0.2) is 9.97 Å². The van der Waals surface area contributed by atoms with Gasteiger partial charge in [0.1, 0.15) is 11.0 Å². The normalized spacial score (nSPS) is 11.4. The molecule has 0 aliphatic carbocycles. The number of hydrogen-bond acceptors (Lipinski definition) is 6. The zero-order chi connectivity index (χ0) is 35.3. The van der Waals surface area contributed by atoms with Gasteiger partial charge < -0.3 is 13.7 Å². The second kappa shape index (κ2) is 12.4. The molecule has 10 aromatic rings. The molecule has 0 aliphatic heterocycles. The van der Waals surface area contributed by atoms with Crippen molar-refractivity contribution in [2.75, 3.05) is 4.90 Å². The van der Waals surface area contributed by atoms with Crippen LogP contribution in [0.4, 0.5) is 17.1 Å². The van der Waals surface area contributed by atoms with Crippen molar-refractivity contribution >= 4 is 60.8 Å². The third kappa shape index (κ3) is 5.45. The van der Waals surface area contributed by atoms with Crippen molar-refractivity contribution in [1.29, 1.82) is 5.26 Å². The molecule has 0 bridgehead atoms. The number of para-hydroxylation sites is 4. The van der Waals surface area contributed by atoms with E-state index < -0.39 is 0 Å². The summed E-state index contributed by atoms with van der Waals surface area (Å²) in [6.07, 6.45) is 0. The fraction of sp³-hybridized carbons (Fsp3) is 0. The monoisotopic (exact) mass is 680 g/mol. The van der Waals surface area contributed by atoms with Gasteiger partial charge in [-0.15, -0.1) is 0 Å². The van der Waals surface area contributed by atoms with Crippen LogP contribution in [0.25, 0.3) is 77.8 Å². The zero-order valence-corrected chi connectivity index (χ0v) is 28.3. The number of oxazole rings is 2. The van der Waals surface area contributed by atoms with E-state index in [4.69, 9.17) is 18.8 Å². The van der Waals surface area contributed by atoms with Gasteiger partial charge in [-0.25, -0.2) is 9.97 Å². The minimum absolute atomic E-state index is 0.573. The lowest BCUT2D eigenvalue weighted by molar-refractivity contribution is 0.619. The molecule has 0 radical (unpaired) electrons. The molecule has 10 rings (SSSR count). The lowest BCUT2D eigenvalue weighted by Crippen LogP contribution is -2.10. The van der Waals surface area contributed by atoms with Crippen LogP contribution in [0.15, 0.2) is 179 Å². The maximum Gasteiger partial charge on any atom is 0.227 e. The molecular weight excluding hydrogens is 653 g/mol. The predicted molar refractivity (Wildman–Crippen MR) is 212 cm³/mol. The molecule has 0 saturated carbocycles. The highest BCUT2D eigenvalue weighted by Crippen LogP contribution is 2.40. The Bertz CT molecular complexity index is 2840. The fourth-order valence-corrected chi connectivity index (χ4v) is 7.06. The maximum atomic E-state index is 10.3. The first kappa shape index (κ1) is 30.3. The third-order valence-electron chi connectivity index (χ3n) is 9.73. The van der Waals surface area contributed by atoms with E-state index >= 15 is 0 Å². The Morgan fingerprint density at radius 3 is 1.55 bits per heavy atom. The molecule has 2 heterocycles. The Morgan fingerprint density at radius 2 is 0.943 bits per heavy atom. The van der Waals surface area contributed by atoms with Crippen LogP contribution < -0.4 is 4.90 Å². The van der Waals surface area contributed by atoms with E-state index in [1.807, 2.05) is 91.0 Å². The van der Waals surface area contributed by atoms with Gasteiger partial charge >= 0.3 is 0 Å². The van der Waals surface area contributed by atoms with Gasteiger partial charge in [0.2, 0.25) is 11.8 Å². The van der Waals surface area contributed by atoms with E-state index in [0.29, 0.717) is 17.3 Å². The molecule has 0 amide bonds. The Morgan fingerprint density at radius 1 is 0.434 bits per heavy atom. The van der Waals surface area contributed by atoms with Crippen LogP contribution in [0.5, 0.6) is 0 Å². The smallest absolute Gasteiger partial charge is 0.227 e. The molecule has 0 atom stereocenters. The van der Waals surface area contributed by atoms with Crippen LogP contribution in [0.3, 0.4) is 0 Å². The molecule has 0 spiro atoms. The highest BCUT2D eigenvalue weighted by Gasteiger charge is 2.17. The molecule has 0 fully saturated rings. The maximum absolute atomic E-state index is 10.3. The number of benzene rings is 8. The minimum Gasteiger partial charge on any atom is -0.436 e. The average molecular weight is 681 g/mol. The van der Waals surface area contributed by atoms with Gasteiger partial charge in [0.15, 0.2) is 11.2 Å². The summed E-state index contributed by atoms with van der Waals surface area (Å²) in [7, 11) is 0. The van der Waals surface area contributed by atoms with E-state index in [2.05, 4.69) is 89.8 Å². The Labute approximate surface area is 304 Å². The van der Waals surface area contributed by atoms with E-state index in [0.717, 1.165) is 77.7 Å². The number of fused-ring (bicyclic) bond motifs is 4. The summed E-state index contributed by atoms with van der Waals surface area (Å²) in [6, 6.07) is 59.6. The Balaban J connectivity index is 1.06. The summed E-state index contributed by atoms with van der Waals surface area (Å²) in [6.45, 7) is 0. The summed E-state index contributed by atoms with van der Waals surface area (Å²) in [5.41, 5.74) is 10.3. The molecule has 8 aromatic carbocycles. The molecule has 0 N–H and O–H groups in total. The van der Waals surface area contributed by atoms with Gasteiger partial charge in [-0.05, 0) is 130 Å². The lowest BCUT2D eigenvalue weighted by Gasteiger charge is -2.26. The van der Waals surface area contributed by atoms with Crippen molar-refractivity contribution in [2.24, 2.45) is 0 Å². The van der Waals surface area contributed by atoms with Crippen molar-refractivity contribution in [3.63, 3.8) is 0 Å². The molecule has 6 nitrogen and oxygen atoms in total. The summed E-state index contributed by atoms with van der Waals surface area (Å²) in [5, 5.41) is 14.7. The molecular formula is C47H28N4O2. The zero-order valence-electron chi connectivity index (χ0n) is 28.3. The first-order chi connectivity index (χ1) is 26.2. The first-order valence-corrected chi connectivity index (χ1v) is 17.4. The molecule has 0 unspecified atom stereocenters. The second-order valence-corrected chi connectivity index (χ2v) is 13.0. The topological polar surface area (TPSA) is 79.1 Å². The highest BCUT2D eigenvalue weighted by molar-refractivity contribution is 5.96. The van der Waals surface area contributed by atoms with Crippen molar-refractivity contribution < 1.29 is 8.83 Å². The van der Waals surface area contributed by atoms with Crippen molar-refractivity contribution in [3.8, 4) is 40.1 Å². The SMILES string of the molecule is N#Cc1cc2cc(N(c3ccc(-c4nc5ccccc5o4)cc3)c3ccc(-c4nc5ccccc5o4)cc3)ccc2cc1-c1ccc2ccccc2c1. The van der Waals surface area contributed by atoms with E-state index in [9.17, 15) is 5.26 Å². The molecule has 2 aromatic heterocycles. The third-order valence-corrected chi connectivity index (χ3v) is 9.73. The van der Waals surface area contributed by atoms with Gasteiger partial charge in [-0.2, -0.15) is 5.26 Å². The Kier molecular flexibility index (Phi) is 7.09. The first-order valence-electron chi connectivity index (χ1n) is 17.4. The van der Waals surface area contributed by atoms with Crippen LogP contribution in [0.2, 0.25) is 0 Å². The summed E-state index contributed by atoms with van der Waals surface area (Å²) >= 11 is 0. The van der Waals surface area contributed by atoms with Crippen LogP contribution >= 0.6 is 0 Å². The highest BCUT2D eigenvalue weighted by atomic mass is 16.4. The molecule has 53 heavy (non-hydrogen) atoms. The predicted octanol–water partition coefficient (Wildman–Crippen LogP) is 12.6. The number of aromatic nitrogens is 2. The van der Waals surface area contributed by atoms with Gasteiger partial charge in [-0.3, -0.25) is 0 Å². The Hall–Kier alpha value is -7.49. The summed E-state index contributed by atoms with van der Waals surface area (Å²) in [4.78, 5) is 11.6. The quantitative estimate of drug-likeness (QED) is 0.174. The summed E-state index contributed by atoms with van der Waals surface area (Å²) < 4.78 is 12.1. The average Bonchev–Trinajstić information content (AvgIpc) is 3.86. The molecule has 0 aliphatic rings. The van der Waals surface area contributed by atoms with Crippen molar-refractivity contribution in [2.45, 2.75) is 0 Å². The minimum atomic E-state index is 0.573. The largest absolute Gasteiger partial charge is 0.436 e. The van der Waals surface area contributed by atoms with Crippen LogP contribution in [0, 0.1) is 11.3 Å². The van der Waals surface area contributed by atoms with Gasteiger partial charge in [0.25, 0.3) is 0 Å². The van der Waals surface area contributed by atoms with E-state index in [-0.39, 0.29) is 0 Å². The molecule has 0 saturated heterocycles. The standard InChI is InChI=1S/C47H28N4O2/c48-29-37-26-36-27-40(24-19-34(36)28-41(37)35-14-13-30-7-1-2-8-33(30)25-35)51(38-20-15-31(16-21-38)46-49-42-9-3-5-11-44(42)52-46)39-22-17-32(18-23-39)47-50-43-10-4-6-12-45(43)53-47/h1-28H. The van der Waals surface area contributed by atoms with Crippen LogP contribution in [-0.2, 0) is 0 Å². The second-order valence-electron chi connectivity index (χ2n) is 13.0. The number of nitriles is 1. The van der Waals surface area contributed by atoms with Crippen LogP contribution in [0.1, 0.15) is 5.56 Å². The fourth-order valence-electron chi connectivity index (χ4n) is 7.06. The van der Waals surface area contributed by atoms with Crippen molar-refractivity contribution in [1.82, 2.24) is 9.97 Å². The van der Waals surface area contributed by atoms with Crippen molar-refractivity contribution in [3.05, 3.63) is 175 Å². The molecule has 6 heteroatoms. The van der Waals surface area contributed by atoms with Gasteiger partial charge in [-0.1, -0.05) is 66.7 Å². The lowest BCUT2D eigenvalue weighted by atomic mass is 9.94. The van der Waals surface area contributed by atoms with Gasteiger partial charge in [0, 0.05) is 33.8 Å².